The molecule has 0 radical (unpaired) electrons. The Kier molecular flexibility index (Phi) is 5.46. The van der Waals surface area contributed by atoms with Crippen molar-refractivity contribution in [2.24, 2.45) is 0 Å². The molecule has 2 aromatic rings. The van der Waals surface area contributed by atoms with E-state index in [2.05, 4.69) is 17.6 Å². The number of anilines is 2. The van der Waals surface area contributed by atoms with Gasteiger partial charge in [0.25, 0.3) is 5.91 Å². The third-order valence-electron chi connectivity index (χ3n) is 4.53. The molecule has 3 rings (SSSR count). The molecule has 27 heavy (non-hydrogen) atoms. The molecule has 0 saturated carbocycles. The quantitative estimate of drug-likeness (QED) is 0.851. The van der Waals surface area contributed by atoms with Crippen LogP contribution in [-0.4, -0.2) is 44.0 Å². The first-order valence-corrected chi connectivity index (χ1v) is 8.97. The first-order chi connectivity index (χ1) is 12.8. The Morgan fingerprint density at radius 2 is 1.96 bits per heavy atom. The standard InChI is InChI=1S/C21H25N3O3/c1-13-8-9-15(10-18(13)23-19(25)11-24(3)4)22-21(26)17-7-5-6-16-14(2)12-27-20(16)17/h5-10,14H,11-12H2,1-4H3,(H,22,26)(H,23,25). The van der Waals surface area contributed by atoms with Crippen LogP contribution < -0.4 is 15.4 Å². The molecule has 1 unspecified atom stereocenters. The number of para-hydroxylation sites is 1. The number of nitrogens with one attached hydrogen (secondary N) is 2. The molecular weight excluding hydrogens is 342 g/mol. The van der Waals surface area contributed by atoms with Crippen LogP contribution in [0.3, 0.4) is 0 Å². The van der Waals surface area contributed by atoms with E-state index >= 15 is 0 Å². The van der Waals surface area contributed by atoms with Crippen molar-refractivity contribution in [2.75, 3.05) is 37.9 Å². The summed E-state index contributed by atoms with van der Waals surface area (Å²) in [5.74, 6) is 0.616. The Balaban J connectivity index is 1.78. The van der Waals surface area contributed by atoms with Crippen LogP contribution in [0, 0.1) is 6.92 Å². The van der Waals surface area contributed by atoms with E-state index in [1.165, 1.54) is 0 Å². The molecule has 0 bridgehead atoms. The van der Waals surface area contributed by atoms with Gasteiger partial charge in [0.05, 0.1) is 18.7 Å². The molecule has 142 valence electrons. The number of carbonyl (C=O) groups excluding carboxylic acids is 2. The highest BCUT2D eigenvalue weighted by Gasteiger charge is 2.25. The molecule has 0 aromatic heterocycles. The molecule has 0 aliphatic carbocycles. The van der Waals surface area contributed by atoms with Crippen LogP contribution in [0.25, 0.3) is 0 Å². The van der Waals surface area contributed by atoms with Crippen molar-refractivity contribution in [2.45, 2.75) is 19.8 Å². The number of likely N-dealkylation sites (N-methyl/N-ethyl adjacent to an activating group) is 1. The minimum atomic E-state index is -0.227. The summed E-state index contributed by atoms with van der Waals surface area (Å²) >= 11 is 0. The van der Waals surface area contributed by atoms with Gasteiger partial charge in [0, 0.05) is 22.9 Å². The number of fused-ring (bicyclic) bond motifs is 1. The van der Waals surface area contributed by atoms with Gasteiger partial charge in [-0.1, -0.05) is 25.1 Å². The molecule has 0 fully saturated rings. The van der Waals surface area contributed by atoms with Crippen molar-refractivity contribution in [1.82, 2.24) is 4.90 Å². The van der Waals surface area contributed by atoms with E-state index in [9.17, 15) is 9.59 Å². The first-order valence-electron chi connectivity index (χ1n) is 8.97. The number of hydrogen-bond acceptors (Lipinski definition) is 4. The van der Waals surface area contributed by atoms with Gasteiger partial charge in [-0.15, -0.1) is 0 Å². The van der Waals surface area contributed by atoms with E-state index in [-0.39, 0.29) is 17.7 Å². The van der Waals surface area contributed by atoms with Crippen LogP contribution in [0.15, 0.2) is 36.4 Å². The summed E-state index contributed by atoms with van der Waals surface area (Å²) in [5.41, 5.74) is 3.81. The highest BCUT2D eigenvalue weighted by atomic mass is 16.5. The smallest absolute Gasteiger partial charge is 0.259 e. The lowest BCUT2D eigenvalue weighted by Gasteiger charge is -2.14. The maximum atomic E-state index is 12.8. The molecule has 1 atom stereocenters. The van der Waals surface area contributed by atoms with Crippen molar-refractivity contribution in [3.8, 4) is 5.75 Å². The van der Waals surface area contributed by atoms with Crippen LogP contribution in [-0.2, 0) is 4.79 Å². The van der Waals surface area contributed by atoms with Gasteiger partial charge in [0.15, 0.2) is 0 Å². The van der Waals surface area contributed by atoms with Crippen molar-refractivity contribution in [1.29, 1.82) is 0 Å². The molecule has 6 heteroatoms. The minimum absolute atomic E-state index is 0.102. The average molecular weight is 367 g/mol. The lowest BCUT2D eigenvalue weighted by molar-refractivity contribution is -0.116. The van der Waals surface area contributed by atoms with Gasteiger partial charge in [0.1, 0.15) is 5.75 Å². The lowest BCUT2D eigenvalue weighted by Crippen LogP contribution is -2.27. The van der Waals surface area contributed by atoms with E-state index in [1.807, 2.05) is 45.3 Å². The van der Waals surface area contributed by atoms with Crippen molar-refractivity contribution >= 4 is 23.2 Å². The second kappa shape index (κ2) is 7.80. The monoisotopic (exact) mass is 367 g/mol. The Morgan fingerprint density at radius 3 is 2.70 bits per heavy atom. The molecule has 2 amide bonds. The first kappa shape index (κ1) is 18.9. The van der Waals surface area contributed by atoms with Gasteiger partial charge in [0.2, 0.25) is 5.91 Å². The number of hydrogen-bond donors (Lipinski definition) is 2. The summed E-state index contributed by atoms with van der Waals surface area (Å²) in [6.45, 7) is 4.88. The zero-order valence-corrected chi connectivity index (χ0v) is 16.1. The van der Waals surface area contributed by atoms with Crippen molar-refractivity contribution in [3.63, 3.8) is 0 Å². The molecule has 0 saturated heterocycles. The number of carbonyl (C=O) groups is 2. The van der Waals surface area contributed by atoms with Gasteiger partial charge in [-0.2, -0.15) is 0 Å². The fraction of sp³-hybridized carbons (Fsp3) is 0.333. The molecule has 0 spiro atoms. The van der Waals surface area contributed by atoms with Crippen LogP contribution in [0.4, 0.5) is 11.4 Å². The van der Waals surface area contributed by atoms with E-state index in [0.717, 1.165) is 11.1 Å². The molecule has 1 heterocycles. The Hall–Kier alpha value is -2.86. The minimum Gasteiger partial charge on any atom is -0.492 e. The largest absolute Gasteiger partial charge is 0.492 e. The highest BCUT2D eigenvalue weighted by molar-refractivity contribution is 6.07. The fourth-order valence-electron chi connectivity index (χ4n) is 3.09. The second-order valence-electron chi connectivity index (χ2n) is 7.21. The Bertz CT molecular complexity index is 877. The summed E-state index contributed by atoms with van der Waals surface area (Å²) in [6.07, 6.45) is 0. The number of rotatable bonds is 5. The van der Waals surface area contributed by atoms with Gasteiger partial charge in [-0.25, -0.2) is 0 Å². The second-order valence-corrected chi connectivity index (χ2v) is 7.21. The van der Waals surface area contributed by atoms with Gasteiger partial charge in [-0.3, -0.25) is 9.59 Å². The molecule has 1 aliphatic rings. The summed E-state index contributed by atoms with van der Waals surface area (Å²) in [6, 6.07) is 11.1. The molecule has 6 nitrogen and oxygen atoms in total. The summed E-state index contributed by atoms with van der Waals surface area (Å²) in [7, 11) is 3.68. The van der Waals surface area contributed by atoms with E-state index in [4.69, 9.17) is 4.74 Å². The third-order valence-corrected chi connectivity index (χ3v) is 4.53. The maximum absolute atomic E-state index is 12.8. The highest BCUT2D eigenvalue weighted by Crippen LogP contribution is 2.36. The predicted octanol–water partition coefficient (Wildman–Crippen LogP) is 3.24. The topological polar surface area (TPSA) is 70.7 Å². The van der Waals surface area contributed by atoms with Crippen LogP contribution in [0.1, 0.15) is 34.3 Å². The van der Waals surface area contributed by atoms with E-state index < -0.39 is 0 Å². The number of ether oxygens (including phenoxy) is 1. The molecule has 2 N–H and O–H groups in total. The fourth-order valence-corrected chi connectivity index (χ4v) is 3.09. The predicted molar refractivity (Wildman–Crippen MR) is 107 cm³/mol. The van der Waals surface area contributed by atoms with Gasteiger partial charge >= 0.3 is 0 Å². The Labute approximate surface area is 159 Å². The number of amides is 2. The molecular formula is C21H25N3O3. The summed E-state index contributed by atoms with van der Waals surface area (Å²) in [5, 5.41) is 5.79. The average Bonchev–Trinajstić information content (AvgIpc) is 2.98. The van der Waals surface area contributed by atoms with Crippen LogP contribution in [0.5, 0.6) is 5.75 Å². The van der Waals surface area contributed by atoms with Crippen LogP contribution >= 0.6 is 0 Å². The molecule has 2 aromatic carbocycles. The van der Waals surface area contributed by atoms with Gasteiger partial charge < -0.3 is 20.3 Å². The summed E-state index contributed by atoms with van der Waals surface area (Å²) < 4.78 is 5.71. The zero-order valence-electron chi connectivity index (χ0n) is 16.1. The zero-order chi connectivity index (χ0) is 19.6. The number of aryl methyl sites for hydroxylation is 1. The third kappa shape index (κ3) is 4.28. The van der Waals surface area contributed by atoms with Crippen molar-refractivity contribution in [3.05, 3.63) is 53.1 Å². The lowest BCUT2D eigenvalue weighted by atomic mass is 10.0. The van der Waals surface area contributed by atoms with Crippen molar-refractivity contribution < 1.29 is 14.3 Å². The van der Waals surface area contributed by atoms with E-state index in [1.54, 1.807) is 17.0 Å². The number of benzene rings is 2. The Morgan fingerprint density at radius 1 is 1.19 bits per heavy atom. The molecule has 1 aliphatic heterocycles. The SMILES string of the molecule is Cc1ccc(NC(=O)c2cccc3c2OCC3C)cc1NC(=O)CN(C)C. The van der Waals surface area contributed by atoms with E-state index in [0.29, 0.717) is 35.8 Å². The normalized spacial score (nSPS) is 15.2. The number of nitrogens with zero attached hydrogens (tertiary/aromatic N) is 1. The maximum Gasteiger partial charge on any atom is 0.259 e. The van der Waals surface area contributed by atoms with Gasteiger partial charge in [-0.05, 0) is 44.8 Å². The van der Waals surface area contributed by atoms with Crippen LogP contribution in [0.2, 0.25) is 0 Å². The summed E-state index contributed by atoms with van der Waals surface area (Å²) in [4.78, 5) is 26.6.